The lowest BCUT2D eigenvalue weighted by Crippen LogP contribution is -2.49. The molecule has 10 nitrogen and oxygen atoms in total. The van der Waals surface area contributed by atoms with Crippen LogP contribution in [0.15, 0.2) is 47.4 Å². The molecule has 1 aliphatic heterocycles. The quantitative estimate of drug-likeness (QED) is 0.315. The number of nitro benzene ring substituents is 1. The van der Waals surface area contributed by atoms with Gasteiger partial charge in [0.2, 0.25) is 10.0 Å². The zero-order valence-corrected chi connectivity index (χ0v) is 18.7. The fraction of sp³-hybridized carbons (Fsp3) is 0.381. The van der Waals surface area contributed by atoms with E-state index >= 15 is 0 Å². The van der Waals surface area contributed by atoms with Crippen molar-refractivity contribution >= 4 is 21.5 Å². The number of nitro groups is 1. The molecule has 2 aromatic carbocycles. The van der Waals surface area contributed by atoms with E-state index in [4.69, 9.17) is 9.47 Å². The second-order valence-corrected chi connectivity index (χ2v) is 9.18. The Labute approximate surface area is 186 Å². The highest BCUT2D eigenvalue weighted by molar-refractivity contribution is 7.89. The van der Waals surface area contributed by atoms with E-state index in [1.54, 1.807) is 24.3 Å². The molecule has 0 unspecified atom stereocenters. The molecule has 0 saturated carbocycles. The molecule has 3 rings (SSSR count). The van der Waals surface area contributed by atoms with Crippen molar-refractivity contribution in [1.29, 1.82) is 0 Å². The summed E-state index contributed by atoms with van der Waals surface area (Å²) in [6, 6.07) is 10.7. The molecule has 0 bridgehead atoms. The number of piperazine rings is 1. The third-order valence-electron chi connectivity index (χ3n) is 5.25. The zero-order valence-electron chi connectivity index (χ0n) is 17.9. The van der Waals surface area contributed by atoms with Crippen molar-refractivity contribution in [3.8, 4) is 11.5 Å². The first-order valence-electron chi connectivity index (χ1n) is 10.0. The Morgan fingerprint density at radius 2 is 1.78 bits per heavy atom. The summed E-state index contributed by atoms with van der Waals surface area (Å²) in [4.78, 5) is 24.2. The van der Waals surface area contributed by atoms with Crippen molar-refractivity contribution in [3.63, 3.8) is 0 Å². The molecule has 0 aromatic heterocycles. The minimum absolute atomic E-state index is 0.00474. The van der Waals surface area contributed by atoms with Crippen molar-refractivity contribution in [3.05, 3.63) is 58.1 Å². The number of hydrogen-bond donors (Lipinski definition) is 0. The molecular weight excluding hydrogens is 438 g/mol. The number of ketones is 1. The average molecular weight is 464 g/mol. The highest BCUT2D eigenvalue weighted by atomic mass is 32.2. The third kappa shape index (κ3) is 5.23. The van der Waals surface area contributed by atoms with Gasteiger partial charge in [0.25, 0.3) is 0 Å². The van der Waals surface area contributed by atoms with Gasteiger partial charge in [-0.15, -0.1) is 0 Å². The number of carbonyl (C=O) groups excluding carboxylic acids is 1. The van der Waals surface area contributed by atoms with Crippen LogP contribution in [0.3, 0.4) is 0 Å². The second kappa shape index (κ2) is 10.1. The van der Waals surface area contributed by atoms with Crippen LogP contribution in [-0.2, 0) is 10.0 Å². The number of methoxy groups -OCH3 is 1. The van der Waals surface area contributed by atoms with Crippen LogP contribution in [0.2, 0.25) is 0 Å². The van der Waals surface area contributed by atoms with Crippen LogP contribution < -0.4 is 9.47 Å². The van der Waals surface area contributed by atoms with E-state index in [0.29, 0.717) is 37.6 Å². The highest BCUT2D eigenvalue weighted by Crippen LogP contribution is 2.30. The van der Waals surface area contributed by atoms with Crippen molar-refractivity contribution in [2.75, 3.05) is 46.4 Å². The van der Waals surface area contributed by atoms with E-state index in [1.165, 1.54) is 30.5 Å². The highest BCUT2D eigenvalue weighted by Gasteiger charge is 2.30. The normalized spacial score (nSPS) is 15.3. The average Bonchev–Trinajstić information content (AvgIpc) is 2.79. The molecule has 1 saturated heterocycles. The van der Waals surface area contributed by atoms with Crippen LogP contribution in [0.25, 0.3) is 0 Å². The van der Waals surface area contributed by atoms with Gasteiger partial charge >= 0.3 is 5.69 Å². The van der Waals surface area contributed by atoms with Crippen molar-refractivity contribution in [2.45, 2.75) is 11.8 Å². The van der Waals surface area contributed by atoms with Crippen LogP contribution in [0.4, 0.5) is 5.69 Å². The molecule has 1 heterocycles. The summed E-state index contributed by atoms with van der Waals surface area (Å²) in [6.07, 6.45) is 0. The molecule has 1 fully saturated rings. The van der Waals surface area contributed by atoms with Gasteiger partial charge in [0, 0.05) is 38.8 Å². The first-order chi connectivity index (χ1) is 15.2. The second-order valence-electron chi connectivity index (χ2n) is 7.24. The van der Waals surface area contributed by atoms with Gasteiger partial charge in [-0.3, -0.25) is 19.8 Å². The molecule has 2 aromatic rings. The molecular formula is C21H25N3O7S. The van der Waals surface area contributed by atoms with Crippen LogP contribution >= 0.6 is 0 Å². The Morgan fingerprint density at radius 1 is 1.09 bits per heavy atom. The Morgan fingerprint density at radius 3 is 2.41 bits per heavy atom. The number of carbonyl (C=O) groups is 1. The summed E-state index contributed by atoms with van der Waals surface area (Å²) in [6.45, 7) is 3.93. The summed E-state index contributed by atoms with van der Waals surface area (Å²) >= 11 is 0. The molecule has 0 radical (unpaired) electrons. The number of para-hydroxylation sites is 1. The monoisotopic (exact) mass is 463 g/mol. The van der Waals surface area contributed by atoms with Gasteiger partial charge in [-0.05, 0) is 31.2 Å². The van der Waals surface area contributed by atoms with E-state index in [0.717, 1.165) is 6.07 Å². The Bertz CT molecular complexity index is 1100. The molecule has 0 spiro atoms. The van der Waals surface area contributed by atoms with Gasteiger partial charge in [-0.1, -0.05) is 12.1 Å². The number of Topliss-reactive ketones (excluding diaryl/α,β-unsaturated/α-hetero) is 1. The standard InChI is InChI=1S/C21H25N3O7S/c1-16(25)18-5-3-4-6-20(18)31-14-13-22-9-11-23(12-10-22)32(28,29)17-7-8-21(30-2)19(15-17)24(26)27/h3-8,15H,9-14H2,1-2H3. The molecule has 0 amide bonds. The Hall–Kier alpha value is -3.02. The van der Waals surface area contributed by atoms with E-state index in [1.807, 2.05) is 0 Å². The van der Waals surface area contributed by atoms with Crippen molar-refractivity contribution < 1.29 is 27.6 Å². The molecule has 0 N–H and O–H groups in total. The minimum atomic E-state index is -3.87. The number of nitrogens with zero attached hydrogens (tertiary/aromatic N) is 3. The van der Waals surface area contributed by atoms with E-state index in [9.17, 15) is 23.3 Å². The minimum Gasteiger partial charge on any atom is -0.491 e. The first kappa shape index (κ1) is 23.6. The number of sulfonamides is 1. The van der Waals surface area contributed by atoms with Gasteiger partial charge in [0.15, 0.2) is 11.5 Å². The fourth-order valence-corrected chi connectivity index (χ4v) is 4.93. The topological polar surface area (TPSA) is 119 Å². The van der Waals surface area contributed by atoms with Crippen LogP contribution in [0.1, 0.15) is 17.3 Å². The first-order valence-corrected chi connectivity index (χ1v) is 11.5. The van der Waals surface area contributed by atoms with Gasteiger partial charge in [0.1, 0.15) is 12.4 Å². The van der Waals surface area contributed by atoms with Crippen LogP contribution in [0.5, 0.6) is 11.5 Å². The SMILES string of the molecule is COc1ccc(S(=O)(=O)N2CCN(CCOc3ccccc3C(C)=O)CC2)cc1[N+](=O)[O-]. The summed E-state index contributed by atoms with van der Waals surface area (Å²) in [5.41, 5.74) is 0.132. The molecule has 0 atom stereocenters. The van der Waals surface area contributed by atoms with E-state index in [2.05, 4.69) is 4.90 Å². The van der Waals surface area contributed by atoms with Crippen molar-refractivity contribution in [2.24, 2.45) is 0 Å². The Kier molecular flexibility index (Phi) is 7.44. The smallest absolute Gasteiger partial charge is 0.312 e. The van der Waals surface area contributed by atoms with Gasteiger partial charge in [0.05, 0.1) is 22.5 Å². The van der Waals surface area contributed by atoms with Gasteiger partial charge in [-0.25, -0.2) is 8.42 Å². The number of hydrogen-bond acceptors (Lipinski definition) is 8. The predicted molar refractivity (Wildman–Crippen MR) is 117 cm³/mol. The van der Waals surface area contributed by atoms with E-state index < -0.39 is 20.6 Å². The third-order valence-corrected chi connectivity index (χ3v) is 7.14. The summed E-state index contributed by atoms with van der Waals surface area (Å²) in [5, 5.41) is 11.2. The number of rotatable bonds is 9. The number of ether oxygens (including phenoxy) is 2. The molecule has 0 aliphatic carbocycles. The molecule has 1 aliphatic rings. The lowest BCUT2D eigenvalue weighted by Gasteiger charge is -2.33. The summed E-state index contributed by atoms with van der Waals surface area (Å²) in [5.74, 6) is 0.464. The lowest BCUT2D eigenvalue weighted by molar-refractivity contribution is -0.386. The number of benzene rings is 2. The van der Waals surface area contributed by atoms with Gasteiger partial charge < -0.3 is 9.47 Å². The molecule has 172 valence electrons. The van der Waals surface area contributed by atoms with Gasteiger partial charge in [-0.2, -0.15) is 4.31 Å². The maximum Gasteiger partial charge on any atom is 0.312 e. The fourth-order valence-electron chi connectivity index (χ4n) is 3.48. The maximum atomic E-state index is 13.0. The lowest BCUT2D eigenvalue weighted by atomic mass is 10.1. The van der Waals surface area contributed by atoms with Crippen LogP contribution in [-0.4, -0.2) is 74.8 Å². The van der Waals surface area contributed by atoms with E-state index in [-0.39, 0.29) is 29.5 Å². The van der Waals surface area contributed by atoms with Crippen molar-refractivity contribution in [1.82, 2.24) is 9.21 Å². The summed E-state index contributed by atoms with van der Waals surface area (Å²) in [7, 11) is -2.58. The zero-order chi connectivity index (χ0) is 23.3. The summed E-state index contributed by atoms with van der Waals surface area (Å²) < 4.78 is 37.9. The molecule has 32 heavy (non-hydrogen) atoms. The van der Waals surface area contributed by atoms with Crippen LogP contribution in [0, 0.1) is 10.1 Å². The Balaban J connectivity index is 1.58. The largest absolute Gasteiger partial charge is 0.491 e. The molecule has 11 heteroatoms. The maximum absolute atomic E-state index is 13.0. The predicted octanol–water partition coefficient (Wildman–Crippen LogP) is 2.19.